The zero-order valence-corrected chi connectivity index (χ0v) is 28.3. The molecule has 0 spiro atoms. The monoisotopic (exact) mass is 645 g/mol. The van der Waals surface area contributed by atoms with Crippen LogP contribution < -0.4 is 5.32 Å². The number of nitrogens with zero attached hydrogens (tertiary/aromatic N) is 2. The minimum Gasteiger partial charge on any atom is -0.416 e. The lowest BCUT2D eigenvalue weighted by atomic mass is 9.66. The van der Waals surface area contributed by atoms with Crippen molar-refractivity contribution in [3.8, 4) is 22.9 Å². The fraction of sp³-hybridized carbons (Fsp3) is 0.233. The molecule has 1 aliphatic carbocycles. The van der Waals surface area contributed by atoms with Gasteiger partial charge in [-0.2, -0.15) is 0 Å². The molecule has 1 aliphatic rings. The van der Waals surface area contributed by atoms with Crippen LogP contribution in [0.5, 0.6) is 0 Å². The molecule has 0 aliphatic heterocycles. The zero-order valence-electron chi connectivity index (χ0n) is 28.3. The molecule has 6 aromatic carbocycles. The van der Waals surface area contributed by atoms with Gasteiger partial charge in [0.15, 0.2) is 0 Å². The number of aryl methyl sites for hydroxylation is 2. The van der Waals surface area contributed by atoms with Gasteiger partial charge in [-0.3, -0.25) is 4.79 Å². The van der Waals surface area contributed by atoms with Crippen molar-refractivity contribution < 1.29 is 14.3 Å². The van der Waals surface area contributed by atoms with E-state index in [-0.39, 0.29) is 12.5 Å². The number of benzene rings is 6. The molecule has 2 N–H and O–H groups in total. The first-order valence-corrected chi connectivity index (χ1v) is 17.1. The molecular formula is C43H39N3O3. The second-order valence-corrected chi connectivity index (χ2v) is 13.9. The third kappa shape index (κ3) is 5.19. The van der Waals surface area contributed by atoms with Crippen molar-refractivity contribution >= 4 is 43.9 Å². The highest BCUT2D eigenvalue weighted by Crippen LogP contribution is 2.46. The van der Waals surface area contributed by atoms with E-state index in [9.17, 15) is 9.90 Å². The smallest absolute Gasteiger partial charge is 0.248 e. The van der Waals surface area contributed by atoms with Gasteiger partial charge in [0.05, 0.1) is 12.3 Å². The van der Waals surface area contributed by atoms with Gasteiger partial charge in [-0.1, -0.05) is 92.7 Å². The fourth-order valence-corrected chi connectivity index (χ4v) is 8.13. The Bertz CT molecular complexity index is 2420. The molecule has 0 saturated carbocycles. The summed E-state index contributed by atoms with van der Waals surface area (Å²) in [5, 5.41) is 29.7. The lowest BCUT2D eigenvalue weighted by Gasteiger charge is -2.39. The van der Waals surface area contributed by atoms with Gasteiger partial charge in [-0.15, -0.1) is 10.2 Å². The van der Waals surface area contributed by atoms with Gasteiger partial charge in [0, 0.05) is 28.9 Å². The molecule has 0 radical (unpaired) electrons. The standard InChI is InChI=1S/C43H39N3O3/c1-25(2)31-15-12-29(22-26(31)3)41-45-46-42(49-41)38-11-7-10-34-36-16-13-30-23-43(24-47,21-20-32(30)35(36)17-18-37(34)38)39-19-14-28-8-5-6-9-33(28)40(39)44-27(4)48/h5-19,22,25,47H,20-21,23-24H2,1-4H3,(H,44,48). The van der Waals surface area contributed by atoms with E-state index in [1.165, 1.54) is 33.0 Å². The molecule has 1 amide bonds. The Labute approximate surface area is 285 Å². The number of hydrogen-bond acceptors (Lipinski definition) is 5. The Morgan fingerprint density at radius 3 is 2.41 bits per heavy atom. The van der Waals surface area contributed by atoms with E-state index >= 15 is 0 Å². The first kappa shape index (κ1) is 31.0. The highest BCUT2D eigenvalue weighted by Gasteiger charge is 2.38. The van der Waals surface area contributed by atoms with Crippen LogP contribution in [0.25, 0.3) is 55.2 Å². The fourth-order valence-electron chi connectivity index (χ4n) is 8.13. The van der Waals surface area contributed by atoms with Crippen molar-refractivity contribution in [3.63, 3.8) is 0 Å². The zero-order chi connectivity index (χ0) is 33.9. The van der Waals surface area contributed by atoms with Crippen LogP contribution in [0, 0.1) is 6.92 Å². The van der Waals surface area contributed by atoms with E-state index in [0.29, 0.717) is 24.1 Å². The van der Waals surface area contributed by atoms with Gasteiger partial charge in [0.25, 0.3) is 0 Å². The second-order valence-electron chi connectivity index (χ2n) is 13.9. The first-order chi connectivity index (χ1) is 23.8. The Morgan fingerprint density at radius 2 is 1.61 bits per heavy atom. The maximum absolute atomic E-state index is 12.4. The molecule has 1 unspecified atom stereocenters. The second kappa shape index (κ2) is 12.0. The lowest BCUT2D eigenvalue weighted by Crippen LogP contribution is -2.38. The Morgan fingerprint density at radius 1 is 0.857 bits per heavy atom. The summed E-state index contributed by atoms with van der Waals surface area (Å²) in [5.41, 5.74) is 8.18. The van der Waals surface area contributed by atoms with Gasteiger partial charge < -0.3 is 14.8 Å². The molecule has 6 nitrogen and oxygen atoms in total. The molecule has 0 bridgehead atoms. The Balaban J connectivity index is 1.18. The van der Waals surface area contributed by atoms with E-state index < -0.39 is 5.41 Å². The van der Waals surface area contributed by atoms with Crippen molar-refractivity contribution in [2.75, 3.05) is 11.9 Å². The number of aliphatic hydroxyl groups excluding tert-OH is 1. The van der Waals surface area contributed by atoms with Gasteiger partial charge in [-0.25, -0.2) is 0 Å². The molecule has 0 fully saturated rings. The molecular weight excluding hydrogens is 606 g/mol. The third-order valence-electron chi connectivity index (χ3n) is 10.5. The molecule has 7 aromatic rings. The third-order valence-corrected chi connectivity index (χ3v) is 10.5. The molecule has 244 valence electrons. The summed E-state index contributed by atoms with van der Waals surface area (Å²) in [6.07, 6.45) is 2.26. The summed E-state index contributed by atoms with van der Waals surface area (Å²) in [7, 11) is 0. The van der Waals surface area contributed by atoms with Crippen molar-refractivity contribution in [1.29, 1.82) is 0 Å². The van der Waals surface area contributed by atoms with E-state index in [0.717, 1.165) is 56.8 Å². The number of aromatic nitrogens is 2. The molecule has 1 atom stereocenters. The van der Waals surface area contributed by atoms with Crippen LogP contribution in [0.1, 0.15) is 60.9 Å². The lowest BCUT2D eigenvalue weighted by molar-refractivity contribution is -0.114. The summed E-state index contributed by atoms with van der Waals surface area (Å²) in [6.45, 7) is 8.06. The minimum atomic E-state index is -0.518. The maximum atomic E-state index is 12.4. The van der Waals surface area contributed by atoms with E-state index in [2.05, 4.69) is 109 Å². The topological polar surface area (TPSA) is 88.2 Å². The summed E-state index contributed by atoms with van der Waals surface area (Å²) in [6, 6.07) is 33.7. The maximum Gasteiger partial charge on any atom is 0.248 e. The van der Waals surface area contributed by atoms with Crippen LogP contribution in [0.2, 0.25) is 0 Å². The van der Waals surface area contributed by atoms with Crippen molar-refractivity contribution in [1.82, 2.24) is 10.2 Å². The number of amides is 1. The normalized spacial score (nSPS) is 16.0. The molecule has 0 saturated heterocycles. The number of carbonyl (C=O) groups excluding carboxylic acids is 1. The minimum absolute atomic E-state index is 0.00983. The van der Waals surface area contributed by atoms with Gasteiger partial charge in [0.2, 0.25) is 17.7 Å². The predicted octanol–water partition coefficient (Wildman–Crippen LogP) is 9.67. The van der Waals surface area contributed by atoms with Gasteiger partial charge >= 0.3 is 0 Å². The van der Waals surface area contributed by atoms with Crippen molar-refractivity contribution in [3.05, 3.63) is 125 Å². The van der Waals surface area contributed by atoms with E-state index in [1.807, 2.05) is 24.3 Å². The SMILES string of the molecule is CC(=O)Nc1c(C2(CO)CCc3c(ccc4c3ccc3c(-c5nnc(-c6ccc(C(C)C)c(C)c6)o5)cccc34)C2)ccc2ccccc12. The van der Waals surface area contributed by atoms with Crippen LogP contribution in [0.15, 0.2) is 101 Å². The average molecular weight is 646 g/mol. The number of carbonyl (C=O) groups is 1. The van der Waals surface area contributed by atoms with Crippen LogP contribution >= 0.6 is 0 Å². The summed E-state index contributed by atoms with van der Waals surface area (Å²) in [5.74, 6) is 1.35. The molecule has 8 rings (SSSR count). The van der Waals surface area contributed by atoms with Crippen LogP contribution in [-0.2, 0) is 23.1 Å². The van der Waals surface area contributed by atoms with Crippen LogP contribution in [0.3, 0.4) is 0 Å². The quantitative estimate of drug-likeness (QED) is 0.176. The number of hydrogen-bond donors (Lipinski definition) is 2. The van der Waals surface area contributed by atoms with Crippen molar-refractivity contribution in [2.24, 2.45) is 0 Å². The predicted molar refractivity (Wildman–Crippen MR) is 198 cm³/mol. The van der Waals surface area contributed by atoms with Gasteiger partial charge in [-0.05, 0) is 105 Å². The van der Waals surface area contributed by atoms with Crippen molar-refractivity contribution in [2.45, 2.75) is 58.3 Å². The number of aliphatic hydroxyl groups is 1. The summed E-state index contributed by atoms with van der Waals surface area (Å²) in [4.78, 5) is 12.4. The number of fused-ring (bicyclic) bond motifs is 6. The molecule has 6 heteroatoms. The molecule has 1 aromatic heterocycles. The Kier molecular flexibility index (Phi) is 7.57. The highest BCUT2D eigenvalue weighted by atomic mass is 16.4. The van der Waals surface area contributed by atoms with Gasteiger partial charge in [0.1, 0.15) is 0 Å². The molecule has 1 heterocycles. The van der Waals surface area contributed by atoms with E-state index in [4.69, 9.17) is 4.42 Å². The number of anilines is 1. The summed E-state index contributed by atoms with van der Waals surface area (Å²) < 4.78 is 6.29. The van der Waals surface area contributed by atoms with E-state index in [1.54, 1.807) is 6.92 Å². The number of rotatable bonds is 6. The van der Waals surface area contributed by atoms with Crippen LogP contribution in [0.4, 0.5) is 5.69 Å². The number of nitrogens with one attached hydrogen (secondary N) is 1. The highest BCUT2D eigenvalue weighted by molar-refractivity contribution is 6.12. The molecule has 49 heavy (non-hydrogen) atoms. The van der Waals surface area contributed by atoms with Crippen LogP contribution in [-0.4, -0.2) is 27.8 Å². The Hall–Kier alpha value is -5.33. The summed E-state index contributed by atoms with van der Waals surface area (Å²) >= 11 is 0. The average Bonchev–Trinajstić information content (AvgIpc) is 3.61. The first-order valence-electron chi connectivity index (χ1n) is 17.1. The largest absolute Gasteiger partial charge is 0.416 e.